The number of benzene rings is 2. The molecule has 2 aromatic carbocycles. The van der Waals surface area contributed by atoms with Crippen molar-refractivity contribution in [3.63, 3.8) is 0 Å². The fourth-order valence-electron chi connectivity index (χ4n) is 4.11. The van der Waals surface area contributed by atoms with Gasteiger partial charge < -0.3 is 9.84 Å². The second kappa shape index (κ2) is 9.43. The zero-order chi connectivity index (χ0) is 21.8. The second-order valence-electron chi connectivity index (χ2n) is 8.38. The number of aryl methyl sites for hydroxylation is 3. The molecule has 1 aromatic heterocycles. The molecule has 0 atom stereocenters. The first kappa shape index (κ1) is 21.2. The normalized spacial score (nSPS) is 15.2. The third kappa shape index (κ3) is 5.02. The Morgan fingerprint density at radius 3 is 2.58 bits per heavy atom. The predicted molar refractivity (Wildman–Crippen MR) is 122 cm³/mol. The van der Waals surface area contributed by atoms with Gasteiger partial charge in [0.1, 0.15) is 0 Å². The van der Waals surface area contributed by atoms with E-state index in [-0.39, 0.29) is 11.8 Å². The van der Waals surface area contributed by atoms with Crippen molar-refractivity contribution in [2.45, 2.75) is 46.6 Å². The van der Waals surface area contributed by atoms with Gasteiger partial charge in [0, 0.05) is 17.2 Å². The lowest BCUT2D eigenvalue weighted by molar-refractivity contribution is -0.121. The summed E-state index contributed by atoms with van der Waals surface area (Å²) >= 11 is 0. The number of nitrogens with zero attached hydrogens (tertiary/aromatic N) is 3. The van der Waals surface area contributed by atoms with Crippen molar-refractivity contribution in [2.24, 2.45) is 5.92 Å². The van der Waals surface area contributed by atoms with Crippen LogP contribution in [0.15, 0.2) is 47.0 Å². The van der Waals surface area contributed by atoms with Gasteiger partial charge >= 0.3 is 0 Å². The van der Waals surface area contributed by atoms with Crippen molar-refractivity contribution in [3.8, 4) is 11.5 Å². The predicted octanol–water partition coefficient (Wildman–Crippen LogP) is 4.77. The van der Waals surface area contributed by atoms with Crippen molar-refractivity contribution in [1.29, 1.82) is 0 Å². The highest BCUT2D eigenvalue weighted by Crippen LogP contribution is 2.25. The minimum absolute atomic E-state index is 0.0361. The SMILES string of the molecule is CCc1cccc(C)c1NC(=O)C1CCN(Cc2noc(-c3ccc(C)cc3)n2)CC1. The Balaban J connectivity index is 1.31. The van der Waals surface area contributed by atoms with Crippen molar-refractivity contribution in [2.75, 3.05) is 18.4 Å². The Bertz CT molecular complexity index is 1030. The first-order chi connectivity index (χ1) is 15.0. The van der Waals surface area contributed by atoms with Crippen LogP contribution in [0.1, 0.15) is 42.3 Å². The summed E-state index contributed by atoms with van der Waals surface area (Å²) in [6.07, 6.45) is 2.58. The molecule has 1 amide bonds. The molecule has 2 heterocycles. The lowest BCUT2D eigenvalue weighted by Crippen LogP contribution is -2.38. The Morgan fingerprint density at radius 1 is 1.13 bits per heavy atom. The molecule has 0 aliphatic carbocycles. The van der Waals surface area contributed by atoms with Crippen LogP contribution >= 0.6 is 0 Å². The van der Waals surface area contributed by atoms with Crippen LogP contribution in [0, 0.1) is 19.8 Å². The van der Waals surface area contributed by atoms with E-state index in [4.69, 9.17) is 4.52 Å². The van der Waals surface area contributed by atoms with Gasteiger partial charge in [0.2, 0.25) is 5.91 Å². The maximum absolute atomic E-state index is 12.9. The van der Waals surface area contributed by atoms with Gasteiger partial charge in [0.05, 0.1) is 6.54 Å². The molecule has 0 radical (unpaired) electrons. The minimum Gasteiger partial charge on any atom is -0.334 e. The summed E-state index contributed by atoms with van der Waals surface area (Å²) < 4.78 is 5.44. The van der Waals surface area contributed by atoms with Crippen LogP contribution in [0.4, 0.5) is 5.69 Å². The van der Waals surface area contributed by atoms with Crippen LogP contribution in [-0.2, 0) is 17.8 Å². The summed E-state index contributed by atoms with van der Waals surface area (Å²) in [6.45, 7) is 8.55. The molecule has 6 heteroatoms. The number of para-hydroxylation sites is 1. The van der Waals surface area contributed by atoms with Crippen LogP contribution in [0.5, 0.6) is 0 Å². The molecule has 4 rings (SSSR count). The fraction of sp³-hybridized carbons (Fsp3) is 0.400. The van der Waals surface area contributed by atoms with E-state index in [0.29, 0.717) is 18.3 Å². The van der Waals surface area contributed by atoms with Gasteiger partial charge in [-0.15, -0.1) is 0 Å². The molecule has 1 N–H and O–H groups in total. The molecular formula is C25H30N4O2. The topological polar surface area (TPSA) is 71.3 Å². The Labute approximate surface area is 183 Å². The largest absolute Gasteiger partial charge is 0.334 e. The number of rotatable bonds is 6. The summed E-state index contributed by atoms with van der Waals surface area (Å²) in [6, 6.07) is 14.2. The number of likely N-dealkylation sites (tertiary alicyclic amines) is 1. The summed E-state index contributed by atoms with van der Waals surface area (Å²) in [5.74, 6) is 1.40. The maximum atomic E-state index is 12.9. The molecule has 3 aromatic rings. The smallest absolute Gasteiger partial charge is 0.257 e. The number of anilines is 1. The van der Waals surface area contributed by atoms with Gasteiger partial charge in [0.15, 0.2) is 5.82 Å². The van der Waals surface area contributed by atoms with E-state index < -0.39 is 0 Å². The molecule has 0 bridgehead atoms. The third-order valence-electron chi connectivity index (χ3n) is 6.08. The molecule has 1 aliphatic heterocycles. The fourth-order valence-corrected chi connectivity index (χ4v) is 4.11. The Hall–Kier alpha value is -2.99. The first-order valence-electron chi connectivity index (χ1n) is 11.0. The minimum atomic E-state index is 0.0361. The van der Waals surface area contributed by atoms with Crippen LogP contribution in [-0.4, -0.2) is 34.0 Å². The molecule has 1 aliphatic rings. The maximum Gasteiger partial charge on any atom is 0.257 e. The molecule has 0 saturated carbocycles. The third-order valence-corrected chi connectivity index (χ3v) is 6.08. The molecule has 1 fully saturated rings. The summed E-state index contributed by atoms with van der Waals surface area (Å²) in [5, 5.41) is 7.33. The average Bonchev–Trinajstić information content (AvgIpc) is 3.24. The van der Waals surface area contributed by atoms with E-state index in [1.807, 2.05) is 43.3 Å². The van der Waals surface area contributed by atoms with Gasteiger partial charge in [-0.25, -0.2) is 0 Å². The molecular weight excluding hydrogens is 388 g/mol. The van der Waals surface area contributed by atoms with Gasteiger partial charge in [-0.2, -0.15) is 4.98 Å². The molecule has 1 saturated heterocycles. The number of hydrogen-bond acceptors (Lipinski definition) is 5. The van der Waals surface area contributed by atoms with Crippen molar-refractivity contribution >= 4 is 11.6 Å². The van der Waals surface area contributed by atoms with E-state index in [9.17, 15) is 4.79 Å². The number of piperidine rings is 1. The van der Waals surface area contributed by atoms with E-state index in [2.05, 4.69) is 40.3 Å². The van der Waals surface area contributed by atoms with Crippen molar-refractivity contribution in [1.82, 2.24) is 15.0 Å². The van der Waals surface area contributed by atoms with E-state index >= 15 is 0 Å². The van der Waals surface area contributed by atoms with Crippen LogP contribution in [0.3, 0.4) is 0 Å². The Morgan fingerprint density at radius 2 is 1.87 bits per heavy atom. The molecule has 0 unspecified atom stereocenters. The van der Waals surface area contributed by atoms with E-state index in [1.54, 1.807) is 0 Å². The molecule has 6 nitrogen and oxygen atoms in total. The zero-order valence-electron chi connectivity index (χ0n) is 18.5. The summed E-state index contributed by atoms with van der Waals surface area (Å²) in [5.41, 5.74) is 5.41. The quantitative estimate of drug-likeness (QED) is 0.625. The number of hydrogen-bond donors (Lipinski definition) is 1. The highest BCUT2D eigenvalue weighted by molar-refractivity contribution is 5.94. The molecule has 0 spiro atoms. The second-order valence-corrected chi connectivity index (χ2v) is 8.38. The monoisotopic (exact) mass is 418 g/mol. The van der Waals surface area contributed by atoms with Crippen LogP contribution in [0.2, 0.25) is 0 Å². The Kier molecular flexibility index (Phi) is 6.47. The van der Waals surface area contributed by atoms with E-state index in [0.717, 1.165) is 49.2 Å². The lowest BCUT2D eigenvalue weighted by Gasteiger charge is -2.30. The molecule has 31 heavy (non-hydrogen) atoms. The number of aromatic nitrogens is 2. The standard InChI is InChI=1S/C25H30N4O2/c1-4-19-7-5-6-18(3)23(19)27-24(30)20-12-14-29(15-13-20)16-22-26-25(31-28-22)21-10-8-17(2)9-11-21/h5-11,20H,4,12-16H2,1-3H3,(H,27,30). The number of carbonyl (C=O) groups excluding carboxylic acids is 1. The summed E-state index contributed by atoms with van der Waals surface area (Å²) in [4.78, 5) is 19.7. The van der Waals surface area contributed by atoms with E-state index in [1.165, 1.54) is 11.1 Å². The van der Waals surface area contributed by atoms with Gasteiger partial charge in [-0.3, -0.25) is 9.69 Å². The van der Waals surface area contributed by atoms with Gasteiger partial charge in [0.25, 0.3) is 5.89 Å². The van der Waals surface area contributed by atoms with Gasteiger partial charge in [-0.05, 0) is 69.5 Å². The first-order valence-corrected chi connectivity index (χ1v) is 11.0. The van der Waals surface area contributed by atoms with Crippen LogP contribution in [0.25, 0.3) is 11.5 Å². The number of amides is 1. The highest BCUT2D eigenvalue weighted by Gasteiger charge is 2.26. The average molecular weight is 419 g/mol. The molecule has 162 valence electrons. The van der Waals surface area contributed by atoms with Crippen molar-refractivity contribution < 1.29 is 9.32 Å². The van der Waals surface area contributed by atoms with Crippen molar-refractivity contribution in [3.05, 3.63) is 65.0 Å². The number of carbonyl (C=O) groups is 1. The lowest BCUT2D eigenvalue weighted by atomic mass is 9.95. The zero-order valence-corrected chi connectivity index (χ0v) is 18.5. The number of nitrogens with one attached hydrogen (secondary N) is 1. The van der Waals surface area contributed by atoms with Gasteiger partial charge in [-0.1, -0.05) is 48.0 Å². The highest BCUT2D eigenvalue weighted by atomic mass is 16.5. The van der Waals surface area contributed by atoms with Crippen LogP contribution < -0.4 is 5.32 Å². The summed E-state index contributed by atoms with van der Waals surface area (Å²) in [7, 11) is 0.